The van der Waals surface area contributed by atoms with E-state index in [1.807, 2.05) is 0 Å². The Kier molecular flexibility index (Phi) is 2.91. The minimum Gasteiger partial charge on any atom is -0.530 e. The number of piperazine rings is 1. The van der Waals surface area contributed by atoms with Gasteiger partial charge in [-0.15, -0.1) is 0 Å². The maximum atomic E-state index is 10.6. The van der Waals surface area contributed by atoms with E-state index in [0.29, 0.717) is 32.1 Å². The first-order chi connectivity index (χ1) is 7.70. The maximum Gasteiger partial charge on any atom is 0.266 e. The number of nitrogens with zero attached hydrogens (tertiary/aromatic N) is 4. The van der Waals surface area contributed by atoms with E-state index < -0.39 is 6.09 Å². The highest BCUT2D eigenvalue weighted by Gasteiger charge is 2.20. The minimum absolute atomic E-state index is 0.150. The molecule has 16 heavy (non-hydrogen) atoms. The zero-order chi connectivity index (χ0) is 11.5. The summed E-state index contributed by atoms with van der Waals surface area (Å²) in [6.45, 7) is 1.37. The monoisotopic (exact) mass is 227 g/mol. The van der Waals surface area contributed by atoms with Gasteiger partial charge in [0.15, 0.2) is 0 Å². The molecule has 8 heteroatoms. The number of carbonyl (C=O) groups is 1. The number of hydrogen-bond acceptors (Lipinski definition) is 7. The summed E-state index contributed by atoms with van der Waals surface area (Å²) in [6, 6.07) is 0. The molecule has 88 valence electrons. The number of carbonyl (C=O) groups excluding carboxylic acids is 1. The van der Waals surface area contributed by atoms with Crippen LogP contribution in [0.3, 0.4) is 0 Å². The summed E-state index contributed by atoms with van der Waals surface area (Å²) in [4.78, 5) is 17.5. The van der Waals surface area contributed by atoms with Crippen LogP contribution in [-0.2, 0) is 6.61 Å². The molecule has 1 aliphatic rings. The summed E-state index contributed by atoms with van der Waals surface area (Å²) in [5.74, 6) is 0.527. The first-order valence-electron chi connectivity index (χ1n) is 4.85. The molecule has 2 heterocycles. The average molecular weight is 227 g/mol. The summed E-state index contributed by atoms with van der Waals surface area (Å²) in [7, 11) is 0. The molecule has 0 unspecified atom stereocenters. The largest absolute Gasteiger partial charge is 0.530 e. The average Bonchev–Trinajstić information content (AvgIpc) is 2.77. The highest BCUT2D eigenvalue weighted by Crippen LogP contribution is 2.12. The summed E-state index contributed by atoms with van der Waals surface area (Å²) >= 11 is 0. The summed E-state index contributed by atoms with van der Waals surface area (Å²) in [6.07, 6.45) is -1.16. The van der Waals surface area contributed by atoms with Crippen LogP contribution in [0.15, 0.2) is 4.52 Å². The van der Waals surface area contributed by atoms with Gasteiger partial charge < -0.3 is 29.3 Å². The van der Waals surface area contributed by atoms with E-state index in [1.165, 1.54) is 4.90 Å². The second kappa shape index (κ2) is 4.35. The second-order valence-electron chi connectivity index (χ2n) is 3.39. The molecule has 0 bridgehead atoms. The van der Waals surface area contributed by atoms with Crippen LogP contribution < -0.4 is 10.0 Å². The fraction of sp³-hybridized carbons (Fsp3) is 0.625. The van der Waals surface area contributed by atoms with Gasteiger partial charge in [0.1, 0.15) is 12.7 Å². The van der Waals surface area contributed by atoms with E-state index in [9.17, 15) is 9.90 Å². The number of carboxylic acid groups (broad SMARTS) is 1. The van der Waals surface area contributed by atoms with Crippen LogP contribution in [0.4, 0.5) is 10.7 Å². The number of aliphatic hydroxyl groups is 1. The van der Waals surface area contributed by atoms with Crippen molar-refractivity contribution in [1.29, 1.82) is 0 Å². The molecule has 1 aromatic rings. The van der Waals surface area contributed by atoms with Gasteiger partial charge in [0, 0.05) is 26.2 Å². The third-order valence-electron chi connectivity index (χ3n) is 2.41. The van der Waals surface area contributed by atoms with Gasteiger partial charge in [-0.3, -0.25) is 0 Å². The van der Waals surface area contributed by atoms with Crippen LogP contribution in [0.5, 0.6) is 0 Å². The van der Waals surface area contributed by atoms with Gasteiger partial charge in [-0.2, -0.15) is 4.98 Å². The first-order valence-corrected chi connectivity index (χ1v) is 4.85. The Hall–Kier alpha value is -1.83. The van der Waals surface area contributed by atoms with Crippen molar-refractivity contribution in [2.75, 3.05) is 31.1 Å². The first kappa shape index (κ1) is 10.7. The van der Waals surface area contributed by atoms with Crippen LogP contribution in [0, 0.1) is 0 Å². The molecule has 1 aliphatic heterocycles. The van der Waals surface area contributed by atoms with E-state index in [2.05, 4.69) is 10.1 Å². The molecule has 2 rings (SSSR count). The Bertz CT molecular complexity index is 372. The van der Waals surface area contributed by atoms with Crippen LogP contribution in [0.2, 0.25) is 0 Å². The van der Waals surface area contributed by atoms with Crippen LogP contribution >= 0.6 is 0 Å². The molecule has 0 saturated carbocycles. The van der Waals surface area contributed by atoms with Crippen LogP contribution in [0.1, 0.15) is 5.89 Å². The van der Waals surface area contributed by atoms with Gasteiger partial charge in [-0.25, -0.2) is 0 Å². The minimum atomic E-state index is -1.16. The number of amides is 1. The lowest BCUT2D eigenvalue weighted by atomic mass is 10.3. The smallest absolute Gasteiger partial charge is 0.266 e. The molecule has 1 N–H and O–H groups in total. The van der Waals surface area contributed by atoms with Gasteiger partial charge in [0.25, 0.3) is 11.8 Å². The zero-order valence-electron chi connectivity index (χ0n) is 8.50. The Morgan fingerprint density at radius 2 is 2.12 bits per heavy atom. The quantitative estimate of drug-likeness (QED) is 0.624. The molecule has 0 aliphatic carbocycles. The zero-order valence-corrected chi connectivity index (χ0v) is 8.50. The van der Waals surface area contributed by atoms with E-state index in [4.69, 9.17) is 9.63 Å². The molecule has 1 saturated heterocycles. The molecular formula is C8H11N4O4-. The predicted molar refractivity (Wildman–Crippen MR) is 49.4 cm³/mol. The van der Waals surface area contributed by atoms with E-state index in [0.717, 1.165) is 0 Å². The topological polar surface area (TPSA) is 106 Å². The normalized spacial score (nSPS) is 16.6. The highest BCUT2D eigenvalue weighted by molar-refractivity contribution is 5.62. The van der Waals surface area contributed by atoms with Crippen molar-refractivity contribution in [1.82, 2.24) is 15.0 Å². The molecule has 1 aromatic heterocycles. The van der Waals surface area contributed by atoms with Crippen molar-refractivity contribution in [2.45, 2.75) is 6.61 Å². The number of aliphatic hydroxyl groups excluding tert-OH is 1. The summed E-state index contributed by atoms with van der Waals surface area (Å²) in [5.41, 5.74) is 0. The molecule has 0 atom stereocenters. The third-order valence-corrected chi connectivity index (χ3v) is 2.41. The van der Waals surface area contributed by atoms with Crippen molar-refractivity contribution in [3.63, 3.8) is 0 Å². The van der Waals surface area contributed by atoms with Gasteiger partial charge in [-0.1, -0.05) is 0 Å². The van der Waals surface area contributed by atoms with Gasteiger partial charge in [0.05, 0.1) is 0 Å². The van der Waals surface area contributed by atoms with Crippen molar-refractivity contribution < 1.29 is 19.5 Å². The summed E-state index contributed by atoms with van der Waals surface area (Å²) in [5, 5.41) is 23.0. The van der Waals surface area contributed by atoms with E-state index in [1.54, 1.807) is 4.90 Å². The van der Waals surface area contributed by atoms with E-state index in [-0.39, 0.29) is 12.5 Å². The van der Waals surface area contributed by atoms with Crippen molar-refractivity contribution in [3.8, 4) is 0 Å². The highest BCUT2D eigenvalue weighted by atomic mass is 16.5. The molecule has 0 spiro atoms. The maximum absolute atomic E-state index is 10.6. The third kappa shape index (κ3) is 2.06. The molecule has 8 nitrogen and oxygen atoms in total. The van der Waals surface area contributed by atoms with Crippen molar-refractivity contribution in [3.05, 3.63) is 5.89 Å². The Morgan fingerprint density at radius 1 is 1.44 bits per heavy atom. The van der Waals surface area contributed by atoms with Gasteiger partial charge in [-0.05, 0) is 5.16 Å². The van der Waals surface area contributed by atoms with Crippen LogP contribution in [-0.4, -0.2) is 52.4 Å². The number of rotatable bonds is 2. The molecule has 0 aromatic carbocycles. The van der Waals surface area contributed by atoms with Gasteiger partial charge >= 0.3 is 0 Å². The molecule has 0 radical (unpaired) electrons. The number of anilines is 1. The lowest BCUT2D eigenvalue weighted by Gasteiger charge is -2.35. The molecular weight excluding hydrogens is 216 g/mol. The lowest BCUT2D eigenvalue weighted by Crippen LogP contribution is -2.53. The van der Waals surface area contributed by atoms with Crippen LogP contribution in [0.25, 0.3) is 0 Å². The Balaban J connectivity index is 1.96. The second-order valence-corrected chi connectivity index (χ2v) is 3.39. The lowest BCUT2D eigenvalue weighted by molar-refractivity contribution is -0.265. The molecule has 1 fully saturated rings. The fourth-order valence-corrected chi connectivity index (χ4v) is 1.53. The standard InChI is InChI=1S/C8H12N4O4/c13-5-6-9-7(10-16-6)11-1-3-12(4-2-11)8(14)15/h13H,1-5H2,(H,14,15)/p-1. The van der Waals surface area contributed by atoms with Crippen molar-refractivity contribution >= 4 is 12.0 Å². The summed E-state index contributed by atoms with van der Waals surface area (Å²) < 4.78 is 4.75. The number of aromatic nitrogens is 2. The number of hydrogen-bond donors (Lipinski definition) is 1. The van der Waals surface area contributed by atoms with E-state index >= 15 is 0 Å². The predicted octanol–water partition coefficient (Wildman–Crippen LogP) is -1.97. The fourth-order valence-electron chi connectivity index (χ4n) is 1.53. The SMILES string of the molecule is O=C([O-])N1CCN(c2noc(CO)n2)CC1. The van der Waals surface area contributed by atoms with Gasteiger partial charge in [0.2, 0.25) is 0 Å². The van der Waals surface area contributed by atoms with Crippen molar-refractivity contribution in [2.24, 2.45) is 0 Å². The molecule has 1 amide bonds. The Labute approximate surface area is 91.1 Å². The Morgan fingerprint density at radius 3 is 2.62 bits per heavy atom.